The minimum Gasteiger partial charge on any atom is -0.437 e. The average Bonchev–Trinajstić information content (AvgIpc) is 2.99. The number of carbonyl (C=O) groups excluding carboxylic acids is 1. The standard InChI is InChI=1S/C18H21BN2O5/c1-10(12(3)22)6-15(23)14-7-21-17(8-20-14)26-16-5-4-13-9-25-19(24)18(13)11(16)2/h4-5,7-8,10,12,22,24H,6,9H2,1-3H3. The molecule has 1 aromatic heterocycles. The number of Topliss-reactive ketones (excluding diaryl/α,β-unsaturated/α-hetero) is 1. The first kappa shape index (κ1) is 18.5. The molecule has 2 heterocycles. The highest BCUT2D eigenvalue weighted by Gasteiger charge is 2.30. The molecule has 0 fully saturated rings. The molecular formula is C18H21BN2O5. The topological polar surface area (TPSA) is 102 Å². The lowest BCUT2D eigenvalue weighted by atomic mass is 9.76. The number of ether oxygens (including phenoxy) is 1. The van der Waals surface area contributed by atoms with Gasteiger partial charge in [-0.2, -0.15) is 0 Å². The zero-order valence-corrected chi connectivity index (χ0v) is 15.0. The SMILES string of the molecule is Cc1c(Oc2cnc(C(=O)CC(C)C(C)O)cn2)ccc2c1B(O)OC2. The number of fused-ring (bicyclic) bond motifs is 1. The first-order chi connectivity index (χ1) is 12.4. The lowest BCUT2D eigenvalue weighted by Gasteiger charge is -2.13. The normalized spacial score (nSPS) is 15.5. The van der Waals surface area contributed by atoms with Gasteiger partial charge in [-0.05, 0) is 42.4 Å². The minimum atomic E-state index is -0.949. The van der Waals surface area contributed by atoms with E-state index in [2.05, 4.69) is 9.97 Å². The van der Waals surface area contributed by atoms with Crippen molar-refractivity contribution in [2.24, 2.45) is 5.92 Å². The molecule has 136 valence electrons. The molecule has 0 spiro atoms. The van der Waals surface area contributed by atoms with Crippen molar-refractivity contribution in [3.8, 4) is 11.6 Å². The van der Waals surface area contributed by atoms with Crippen molar-refractivity contribution in [2.75, 3.05) is 0 Å². The van der Waals surface area contributed by atoms with E-state index in [-0.39, 0.29) is 29.7 Å². The molecule has 7 nitrogen and oxygen atoms in total. The van der Waals surface area contributed by atoms with Crippen LogP contribution in [0.5, 0.6) is 11.6 Å². The number of carbonyl (C=O) groups is 1. The van der Waals surface area contributed by atoms with Gasteiger partial charge in [-0.1, -0.05) is 13.0 Å². The third-order valence-corrected chi connectivity index (χ3v) is 4.66. The Balaban J connectivity index is 1.72. The fraction of sp³-hybridized carbons (Fsp3) is 0.389. The molecule has 0 saturated heterocycles. The van der Waals surface area contributed by atoms with Gasteiger partial charge in [0.15, 0.2) is 5.78 Å². The van der Waals surface area contributed by atoms with Gasteiger partial charge in [0.25, 0.3) is 0 Å². The predicted molar refractivity (Wildman–Crippen MR) is 95.5 cm³/mol. The number of aromatic nitrogens is 2. The van der Waals surface area contributed by atoms with E-state index in [1.807, 2.05) is 19.9 Å². The molecule has 1 aromatic carbocycles. The molecule has 0 radical (unpaired) electrons. The van der Waals surface area contributed by atoms with Crippen LogP contribution in [0.2, 0.25) is 0 Å². The van der Waals surface area contributed by atoms with Crippen LogP contribution < -0.4 is 10.2 Å². The van der Waals surface area contributed by atoms with Gasteiger partial charge in [0.2, 0.25) is 5.88 Å². The summed E-state index contributed by atoms with van der Waals surface area (Å²) in [6.45, 7) is 5.68. The summed E-state index contributed by atoms with van der Waals surface area (Å²) in [5, 5.41) is 19.4. The van der Waals surface area contributed by atoms with Crippen LogP contribution in [0.1, 0.15) is 41.9 Å². The maximum Gasteiger partial charge on any atom is 0.492 e. The Bertz CT molecular complexity index is 810. The van der Waals surface area contributed by atoms with Crippen molar-refractivity contribution in [1.82, 2.24) is 9.97 Å². The lowest BCUT2D eigenvalue weighted by Crippen LogP contribution is -2.30. The Morgan fingerprint density at radius 2 is 2.12 bits per heavy atom. The monoisotopic (exact) mass is 356 g/mol. The second-order valence-electron chi connectivity index (χ2n) is 6.61. The number of ketones is 1. The number of nitrogens with zero attached hydrogens (tertiary/aromatic N) is 2. The summed E-state index contributed by atoms with van der Waals surface area (Å²) in [6.07, 6.45) is 2.40. The van der Waals surface area contributed by atoms with Crippen molar-refractivity contribution in [3.63, 3.8) is 0 Å². The molecule has 3 rings (SSSR count). The van der Waals surface area contributed by atoms with E-state index in [1.165, 1.54) is 12.4 Å². The molecule has 1 aliphatic heterocycles. The van der Waals surface area contributed by atoms with Gasteiger partial charge in [0.1, 0.15) is 11.4 Å². The van der Waals surface area contributed by atoms with Crippen LogP contribution in [0.15, 0.2) is 24.5 Å². The van der Waals surface area contributed by atoms with Crippen molar-refractivity contribution < 1.29 is 24.3 Å². The van der Waals surface area contributed by atoms with Crippen molar-refractivity contribution in [2.45, 2.75) is 39.9 Å². The quantitative estimate of drug-likeness (QED) is 0.596. The maximum atomic E-state index is 12.2. The highest BCUT2D eigenvalue weighted by Crippen LogP contribution is 2.25. The van der Waals surface area contributed by atoms with Gasteiger partial charge in [-0.3, -0.25) is 4.79 Å². The van der Waals surface area contributed by atoms with Crippen LogP contribution in [0.25, 0.3) is 0 Å². The zero-order chi connectivity index (χ0) is 18.8. The molecular weight excluding hydrogens is 335 g/mol. The second-order valence-corrected chi connectivity index (χ2v) is 6.61. The van der Waals surface area contributed by atoms with E-state index in [1.54, 1.807) is 13.0 Å². The van der Waals surface area contributed by atoms with E-state index in [4.69, 9.17) is 9.39 Å². The van der Waals surface area contributed by atoms with E-state index >= 15 is 0 Å². The fourth-order valence-corrected chi connectivity index (χ4v) is 2.79. The number of aliphatic hydroxyl groups excluding tert-OH is 1. The Morgan fingerprint density at radius 3 is 2.77 bits per heavy atom. The van der Waals surface area contributed by atoms with Crippen LogP contribution in [-0.4, -0.2) is 39.1 Å². The first-order valence-electron chi connectivity index (χ1n) is 8.50. The smallest absolute Gasteiger partial charge is 0.437 e. The Kier molecular flexibility index (Phi) is 5.36. The molecule has 2 atom stereocenters. The number of rotatable bonds is 6. The second kappa shape index (κ2) is 7.53. The number of hydrogen-bond donors (Lipinski definition) is 2. The average molecular weight is 356 g/mol. The van der Waals surface area contributed by atoms with Crippen molar-refractivity contribution >= 4 is 18.4 Å². The predicted octanol–water partition coefficient (Wildman–Crippen LogP) is 1.38. The molecule has 0 amide bonds. The number of hydrogen-bond acceptors (Lipinski definition) is 7. The van der Waals surface area contributed by atoms with Gasteiger partial charge < -0.3 is 19.5 Å². The first-order valence-corrected chi connectivity index (χ1v) is 8.50. The third-order valence-electron chi connectivity index (χ3n) is 4.66. The van der Waals surface area contributed by atoms with E-state index < -0.39 is 13.2 Å². The summed E-state index contributed by atoms with van der Waals surface area (Å²) in [4.78, 5) is 20.4. The van der Waals surface area contributed by atoms with Crippen molar-refractivity contribution in [1.29, 1.82) is 0 Å². The van der Waals surface area contributed by atoms with Crippen molar-refractivity contribution in [3.05, 3.63) is 41.3 Å². The van der Waals surface area contributed by atoms with Crippen LogP contribution >= 0.6 is 0 Å². The lowest BCUT2D eigenvalue weighted by molar-refractivity contribution is 0.0864. The van der Waals surface area contributed by atoms with Gasteiger partial charge in [0, 0.05) is 6.42 Å². The Morgan fingerprint density at radius 1 is 1.35 bits per heavy atom. The van der Waals surface area contributed by atoms with Crippen LogP contribution in [0.4, 0.5) is 0 Å². The zero-order valence-electron chi connectivity index (χ0n) is 15.0. The largest absolute Gasteiger partial charge is 0.492 e. The third kappa shape index (κ3) is 3.77. The Labute approximate surface area is 152 Å². The fourth-order valence-electron chi connectivity index (χ4n) is 2.79. The highest BCUT2D eigenvalue weighted by molar-refractivity contribution is 6.62. The van der Waals surface area contributed by atoms with Gasteiger partial charge >= 0.3 is 7.12 Å². The van der Waals surface area contributed by atoms with E-state index in [9.17, 15) is 14.9 Å². The summed E-state index contributed by atoms with van der Waals surface area (Å²) in [7, 11) is -0.949. The molecule has 26 heavy (non-hydrogen) atoms. The Hall–Kier alpha value is -2.29. The van der Waals surface area contributed by atoms with Crippen LogP contribution in [0, 0.1) is 12.8 Å². The molecule has 0 bridgehead atoms. The van der Waals surface area contributed by atoms with Gasteiger partial charge in [-0.25, -0.2) is 9.97 Å². The molecule has 0 aliphatic carbocycles. The summed E-state index contributed by atoms with van der Waals surface area (Å²) in [6, 6.07) is 3.64. The van der Waals surface area contributed by atoms with Crippen LogP contribution in [-0.2, 0) is 11.3 Å². The summed E-state index contributed by atoms with van der Waals surface area (Å²) >= 11 is 0. The number of aliphatic hydroxyl groups is 1. The highest BCUT2D eigenvalue weighted by atomic mass is 16.5. The van der Waals surface area contributed by atoms with E-state index in [0.717, 1.165) is 16.6 Å². The number of benzene rings is 1. The molecule has 0 saturated carbocycles. The van der Waals surface area contributed by atoms with E-state index in [0.29, 0.717) is 12.4 Å². The molecule has 2 aromatic rings. The molecule has 2 N–H and O–H groups in total. The maximum absolute atomic E-state index is 12.2. The van der Waals surface area contributed by atoms with Crippen LogP contribution in [0.3, 0.4) is 0 Å². The molecule has 8 heteroatoms. The minimum absolute atomic E-state index is 0.150. The van der Waals surface area contributed by atoms with Gasteiger partial charge in [-0.15, -0.1) is 0 Å². The summed E-state index contributed by atoms with van der Waals surface area (Å²) in [5.74, 6) is 0.473. The molecule has 2 unspecified atom stereocenters. The van der Waals surface area contributed by atoms with Gasteiger partial charge in [0.05, 0.1) is 25.1 Å². The summed E-state index contributed by atoms with van der Waals surface area (Å²) in [5.41, 5.74) is 2.66. The molecule has 1 aliphatic rings. The summed E-state index contributed by atoms with van der Waals surface area (Å²) < 4.78 is 11.0.